The zero-order chi connectivity index (χ0) is 13.3. The van der Waals surface area contributed by atoms with Gasteiger partial charge in [-0.1, -0.05) is 17.7 Å². The summed E-state index contributed by atoms with van der Waals surface area (Å²) < 4.78 is 13.6. The maximum absolute atomic E-state index is 13.6. The molecule has 0 aliphatic rings. The second kappa shape index (κ2) is 4.60. The van der Waals surface area contributed by atoms with Gasteiger partial charge in [0.15, 0.2) is 11.6 Å². The van der Waals surface area contributed by atoms with Gasteiger partial charge in [0.05, 0.1) is 6.20 Å². The Morgan fingerprint density at radius 3 is 2.39 bits per heavy atom. The van der Waals surface area contributed by atoms with Gasteiger partial charge in [-0.15, -0.1) is 0 Å². The van der Waals surface area contributed by atoms with Crippen molar-refractivity contribution < 1.29 is 4.39 Å². The van der Waals surface area contributed by atoms with Gasteiger partial charge in [-0.3, -0.25) is 0 Å². The minimum atomic E-state index is -0.524. The van der Waals surface area contributed by atoms with Gasteiger partial charge in [0, 0.05) is 5.69 Å². The Balaban J connectivity index is 2.43. The summed E-state index contributed by atoms with van der Waals surface area (Å²) in [5.41, 5.74) is 9.53. The largest absolute Gasteiger partial charge is 0.368 e. The van der Waals surface area contributed by atoms with Crippen LogP contribution < -0.4 is 11.1 Å². The second-order valence-corrected chi connectivity index (χ2v) is 4.32. The summed E-state index contributed by atoms with van der Waals surface area (Å²) >= 11 is 0. The highest BCUT2D eigenvalue weighted by Crippen LogP contribution is 2.26. The van der Waals surface area contributed by atoms with Crippen LogP contribution in [0.15, 0.2) is 18.3 Å². The Labute approximate surface area is 105 Å². The molecule has 2 aromatic rings. The Bertz CT molecular complexity index is 573. The number of nitrogen functional groups attached to an aromatic ring is 1. The molecule has 0 bridgehead atoms. The van der Waals surface area contributed by atoms with Crippen LogP contribution in [0.3, 0.4) is 0 Å². The van der Waals surface area contributed by atoms with E-state index in [1.165, 1.54) is 5.56 Å². The molecule has 3 N–H and O–H groups in total. The zero-order valence-corrected chi connectivity index (χ0v) is 10.6. The number of hydrogen-bond acceptors (Lipinski definition) is 4. The SMILES string of the molecule is Cc1cc(C)c(Nc2nc(N)ncc2F)c(C)c1. The van der Waals surface area contributed by atoms with Gasteiger partial charge in [0.1, 0.15) is 0 Å². The van der Waals surface area contributed by atoms with Gasteiger partial charge >= 0.3 is 0 Å². The fourth-order valence-corrected chi connectivity index (χ4v) is 1.96. The molecule has 0 aliphatic heterocycles. The van der Waals surface area contributed by atoms with Crippen molar-refractivity contribution in [2.24, 2.45) is 0 Å². The number of benzene rings is 1. The van der Waals surface area contributed by atoms with Crippen LogP contribution in [-0.2, 0) is 0 Å². The molecule has 0 unspecified atom stereocenters. The van der Waals surface area contributed by atoms with Crippen molar-refractivity contribution in [3.8, 4) is 0 Å². The van der Waals surface area contributed by atoms with Crippen LogP contribution in [0, 0.1) is 26.6 Å². The molecular formula is C13H15FN4. The first-order valence-electron chi connectivity index (χ1n) is 5.60. The van der Waals surface area contributed by atoms with E-state index in [1.54, 1.807) is 0 Å². The number of nitrogens with zero attached hydrogens (tertiary/aromatic N) is 2. The lowest BCUT2D eigenvalue weighted by atomic mass is 10.1. The Morgan fingerprint density at radius 2 is 1.78 bits per heavy atom. The van der Waals surface area contributed by atoms with Crippen LogP contribution in [0.1, 0.15) is 16.7 Å². The Hall–Kier alpha value is -2.17. The van der Waals surface area contributed by atoms with Gasteiger partial charge < -0.3 is 11.1 Å². The number of nitrogens with one attached hydrogen (secondary N) is 1. The molecule has 1 heterocycles. The van der Waals surface area contributed by atoms with E-state index in [-0.39, 0.29) is 11.8 Å². The van der Waals surface area contributed by atoms with Gasteiger partial charge in [0.2, 0.25) is 5.95 Å². The van der Waals surface area contributed by atoms with E-state index < -0.39 is 5.82 Å². The maximum Gasteiger partial charge on any atom is 0.222 e. The molecule has 0 saturated heterocycles. The van der Waals surface area contributed by atoms with Crippen molar-refractivity contribution in [1.82, 2.24) is 9.97 Å². The average molecular weight is 246 g/mol. The van der Waals surface area contributed by atoms with Gasteiger partial charge in [-0.2, -0.15) is 4.98 Å². The summed E-state index contributed by atoms with van der Waals surface area (Å²) in [7, 11) is 0. The molecule has 0 radical (unpaired) electrons. The van der Waals surface area contributed by atoms with Crippen molar-refractivity contribution in [3.63, 3.8) is 0 Å². The molecule has 0 aliphatic carbocycles. The third-order valence-corrected chi connectivity index (χ3v) is 2.68. The molecular weight excluding hydrogens is 231 g/mol. The highest BCUT2D eigenvalue weighted by molar-refractivity contribution is 5.65. The zero-order valence-electron chi connectivity index (χ0n) is 10.6. The monoisotopic (exact) mass is 246 g/mol. The number of halogens is 1. The normalized spacial score (nSPS) is 10.4. The lowest BCUT2D eigenvalue weighted by Gasteiger charge is -2.13. The van der Waals surface area contributed by atoms with Crippen LogP contribution in [0.25, 0.3) is 0 Å². The molecule has 1 aromatic heterocycles. The summed E-state index contributed by atoms with van der Waals surface area (Å²) in [6.07, 6.45) is 1.06. The van der Waals surface area contributed by atoms with Crippen molar-refractivity contribution in [2.45, 2.75) is 20.8 Å². The topological polar surface area (TPSA) is 63.8 Å². The fraction of sp³-hybridized carbons (Fsp3) is 0.231. The molecule has 18 heavy (non-hydrogen) atoms. The highest BCUT2D eigenvalue weighted by Gasteiger charge is 2.09. The molecule has 0 fully saturated rings. The summed E-state index contributed by atoms with van der Waals surface area (Å²) in [5.74, 6) is -0.387. The summed E-state index contributed by atoms with van der Waals surface area (Å²) in [4.78, 5) is 7.44. The Morgan fingerprint density at radius 1 is 1.17 bits per heavy atom. The van der Waals surface area contributed by atoms with E-state index in [1.807, 2.05) is 32.9 Å². The number of nitrogens with two attached hydrogens (primary N) is 1. The quantitative estimate of drug-likeness (QED) is 0.855. The van der Waals surface area contributed by atoms with Gasteiger partial charge in [0.25, 0.3) is 0 Å². The summed E-state index contributed by atoms with van der Waals surface area (Å²) in [6, 6.07) is 4.05. The minimum Gasteiger partial charge on any atom is -0.368 e. The molecule has 0 spiro atoms. The van der Waals surface area contributed by atoms with Crippen LogP contribution in [-0.4, -0.2) is 9.97 Å². The van der Waals surface area contributed by atoms with Gasteiger partial charge in [-0.05, 0) is 31.9 Å². The van der Waals surface area contributed by atoms with E-state index in [9.17, 15) is 4.39 Å². The third kappa shape index (κ3) is 2.40. The Kier molecular flexibility index (Phi) is 3.14. The molecule has 0 atom stereocenters. The predicted molar refractivity (Wildman–Crippen MR) is 70.3 cm³/mol. The van der Waals surface area contributed by atoms with E-state index in [0.717, 1.165) is 23.0 Å². The molecule has 2 rings (SSSR count). The predicted octanol–water partition coefficient (Wildman–Crippen LogP) is 2.87. The molecule has 94 valence electrons. The minimum absolute atomic E-state index is 0.0429. The van der Waals surface area contributed by atoms with Gasteiger partial charge in [-0.25, -0.2) is 9.37 Å². The van der Waals surface area contributed by atoms with E-state index in [0.29, 0.717) is 0 Å². The molecule has 0 amide bonds. The first kappa shape index (κ1) is 12.3. The van der Waals surface area contributed by atoms with Crippen LogP contribution >= 0.6 is 0 Å². The lowest BCUT2D eigenvalue weighted by Crippen LogP contribution is -2.04. The maximum atomic E-state index is 13.6. The molecule has 1 aromatic carbocycles. The third-order valence-electron chi connectivity index (χ3n) is 2.68. The lowest BCUT2D eigenvalue weighted by molar-refractivity contribution is 0.619. The van der Waals surface area contributed by atoms with Crippen molar-refractivity contribution in [3.05, 3.63) is 40.8 Å². The van der Waals surface area contributed by atoms with E-state index in [4.69, 9.17) is 5.73 Å². The van der Waals surface area contributed by atoms with Crippen LogP contribution in [0.4, 0.5) is 21.8 Å². The first-order valence-corrected chi connectivity index (χ1v) is 5.60. The molecule has 4 nitrogen and oxygen atoms in total. The second-order valence-electron chi connectivity index (χ2n) is 4.32. The number of anilines is 3. The fourth-order valence-electron chi connectivity index (χ4n) is 1.96. The summed E-state index contributed by atoms with van der Waals surface area (Å²) in [6.45, 7) is 5.95. The smallest absolute Gasteiger partial charge is 0.222 e. The summed E-state index contributed by atoms with van der Waals surface area (Å²) in [5, 5.41) is 2.97. The highest BCUT2D eigenvalue weighted by atomic mass is 19.1. The van der Waals surface area contributed by atoms with Crippen molar-refractivity contribution in [2.75, 3.05) is 11.1 Å². The first-order chi connectivity index (χ1) is 8.47. The van der Waals surface area contributed by atoms with Crippen LogP contribution in [0.5, 0.6) is 0 Å². The number of aryl methyl sites for hydroxylation is 3. The van der Waals surface area contributed by atoms with Crippen molar-refractivity contribution in [1.29, 1.82) is 0 Å². The van der Waals surface area contributed by atoms with Crippen LogP contribution in [0.2, 0.25) is 0 Å². The van der Waals surface area contributed by atoms with E-state index >= 15 is 0 Å². The van der Waals surface area contributed by atoms with Crippen molar-refractivity contribution >= 4 is 17.5 Å². The molecule has 0 saturated carbocycles. The number of aromatic nitrogens is 2. The average Bonchev–Trinajstić information content (AvgIpc) is 2.28. The number of hydrogen-bond donors (Lipinski definition) is 2. The standard InChI is InChI=1S/C13H15FN4/c1-7-4-8(2)11(9(3)5-7)17-12-10(14)6-16-13(15)18-12/h4-6H,1-3H3,(H3,15,16,17,18). The molecule has 5 heteroatoms. The number of rotatable bonds is 2. The van der Waals surface area contributed by atoms with E-state index in [2.05, 4.69) is 15.3 Å².